The third kappa shape index (κ3) is 9.11. The van der Waals surface area contributed by atoms with E-state index in [-0.39, 0.29) is 84.7 Å². The number of fused-ring (bicyclic) bond motifs is 4. The number of halogens is 2. The highest BCUT2D eigenvalue weighted by molar-refractivity contribution is 6.40. The van der Waals surface area contributed by atoms with Gasteiger partial charge in [-0.05, 0) is 71.4 Å². The summed E-state index contributed by atoms with van der Waals surface area (Å²) in [6.07, 6.45) is 5.49. The summed E-state index contributed by atoms with van der Waals surface area (Å²) in [6.45, 7) is 3.58. The first-order valence-electron chi connectivity index (χ1n) is 20.7. The van der Waals surface area contributed by atoms with Crippen LogP contribution in [0.3, 0.4) is 0 Å². The molecule has 15 nitrogen and oxygen atoms in total. The standard InChI is InChI=1S/C52H37Cl2N3O12/c1-25-8-12-31-39(19-25)68-40-21-27(57(2)3)10-14-32(40)44(31)45-37(53)23-35(47(54)46(45)52(66)67)49(61)55-18-6-4-5-7-42(60)56-24-36-38(59)17-16-33-43(30-15-11-28(58)22-41(30)69-48(33)36)29-13-9-26(50(62)63)20-34(29)51(64)65/h4-17,19-23,58H,1,18,24H2,2-3H3,(H,55,61)(H,56,60)(H,62,63)(H,64,65)(H,66,67)/b6-4+,7-5+. The molecule has 346 valence electrons. The van der Waals surface area contributed by atoms with Crippen molar-refractivity contribution in [1.82, 2.24) is 10.6 Å². The Hall–Kier alpha value is -8.66. The maximum Gasteiger partial charge on any atom is 0.337 e. The molecular weight excluding hydrogens is 929 g/mol. The van der Waals surface area contributed by atoms with Crippen molar-refractivity contribution in [2.24, 2.45) is 0 Å². The largest absolute Gasteiger partial charge is 0.508 e. The van der Waals surface area contributed by atoms with E-state index < -0.39 is 40.7 Å². The smallest absolute Gasteiger partial charge is 0.337 e. The summed E-state index contributed by atoms with van der Waals surface area (Å²) in [6, 6.07) is 22.4. The van der Waals surface area contributed by atoms with E-state index in [1.807, 2.05) is 31.1 Å². The molecule has 0 atom stereocenters. The van der Waals surface area contributed by atoms with Crippen molar-refractivity contribution in [2.75, 3.05) is 25.5 Å². The van der Waals surface area contributed by atoms with Crippen LogP contribution in [0.2, 0.25) is 10.0 Å². The van der Waals surface area contributed by atoms with Crippen LogP contribution in [0.1, 0.15) is 58.1 Å². The van der Waals surface area contributed by atoms with Gasteiger partial charge in [-0.3, -0.25) is 14.4 Å². The van der Waals surface area contributed by atoms with Crippen molar-refractivity contribution < 1.29 is 53.6 Å². The number of nitrogens with zero attached hydrogens (tertiary/aromatic N) is 1. The fraction of sp³-hybridized carbons (Fsp3) is 0.0769. The molecule has 1 aliphatic carbocycles. The second kappa shape index (κ2) is 18.9. The number of ether oxygens (including phenoxy) is 1. The number of carbonyl (C=O) groups excluding carboxylic acids is 2. The fourth-order valence-electron chi connectivity index (χ4n) is 7.99. The molecule has 2 heterocycles. The predicted molar refractivity (Wildman–Crippen MR) is 260 cm³/mol. The van der Waals surface area contributed by atoms with Crippen molar-refractivity contribution in [3.63, 3.8) is 0 Å². The van der Waals surface area contributed by atoms with E-state index in [0.717, 1.165) is 17.8 Å². The lowest BCUT2D eigenvalue weighted by molar-refractivity contribution is -0.116. The first kappa shape index (κ1) is 46.9. The van der Waals surface area contributed by atoms with Gasteiger partial charge in [-0.2, -0.15) is 0 Å². The molecule has 5 aromatic rings. The zero-order valence-electron chi connectivity index (χ0n) is 36.3. The highest BCUT2D eigenvalue weighted by Gasteiger charge is 2.31. The molecule has 8 rings (SSSR count). The first-order chi connectivity index (χ1) is 32.9. The molecule has 0 aromatic heterocycles. The average molecular weight is 967 g/mol. The van der Waals surface area contributed by atoms with Gasteiger partial charge in [-0.25, -0.2) is 14.4 Å². The number of carboxylic acids is 3. The lowest BCUT2D eigenvalue weighted by Crippen LogP contribution is -2.25. The van der Waals surface area contributed by atoms with Crippen molar-refractivity contribution in [1.29, 1.82) is 0 Å². The number of anilines is 1. The van der Waals surface area contributed by atoms with Gasteiger partial charge in [0.05, 0.1) is 44.4 Å². The highest BCUT2D eigenvalue weighted by Crippen LogP contribution is 2.45. The molecule has 0 saturated carbocycles. The van der Waals surface area contributed by atoms with Gasteiger partial charge in [0.2, 0.25) is 5.91 Å². The zero-order valence-corrected chi connectivity index (χ0v) is 37.9. The minimum absolute atomic E-state index is 0.00287. The molecule has 2 aliphatic heterocycles. The van der Waals surface area contributed by atoms with Crippen LogP contribution in [0.5, 0.6) is 17.2 Å². The summed E-state index contributed by atoms with van der Waals surface area (Å²) in [7, 11) is 3.74. The van der Waals surface area contributed by atoms with E-state index in [1.165, 1.54) is 66.8 Å². The monoisotopic (exact) mass is 965 g/mol. The Morgan fingerprint density at radius 1 is 0.754 bits per heavy atom. The topological polar surface area (TPSA) is 233 Å². The van der Waals surface area contributed by atoms with Gasteiger partial charge in [-0.15, -0.1) is 0 Å². The summed E-state index contributed by atoms with van der Waals surface area (Å²) < 4.78 is 12.4. The Labute approximate surface area is 401 Å². The molecule has 0 spiro atoms. The molecule has 5 aromatic carbocycles. The summed E-state index contributed by atoms with van der Waals surface area (Å²) in [5, 5.41) is 46.9. The predicted octanol–water partition coefficient (Wildman–Crippen LogP) is 7.66. The van der Waals surface area contributed by atoms with Crippen LogP contribution >= 0.6 is 23.2 Å². The van der Waals surface area contributed by atoms with Crippen molar-refractivity contribution >= 4 is 81.7 Å². The molecule has 0 fully saturated rings. The van der Waals surface area contributed by atoms with Gasteiger partial charge in [0.1, 0.15) is 28.6 Å². The fourth-order valence-corrected chi connectivity index (χ4v) is 8.60. The maximum absolute atomic E-state index is 13.5. The van der Waals surface area contributed by atoms with Crippen LogP contribution in [0.25, 0.3) is 45.6 Å². The van der Waals surface area contributed by atoms with Crippen molar-refractivity contribution in [3.05, 3.63) is 185 Å². The third-order valence-electron chi connectivity index (χ3n) is 11.2. The van der Waals surface area contributed by atoms with Gasteiger partial charge < -0.3 is 45.1 Å². The van der Waals surface area contributed by atoms with E-state index in [4.69, 9.17) is 32.4 Å². The van der Waals surface area contributed by atoms with E-state index in [1.54, 1.807) is 24.3 Å². The van der Waals surface area contributed by atoms with Gasteiger partial charge in [0, 0.05) is 83.0 Å². The summed E-state index contributed by atoms with van der Waals surface area (Å²) >= 11 is 13.6. The van der Waals surface area contributed by atoms with Gasteiger partial charge in [0.15, 0.2) is 5.43 Å². The van der Waals surface area contributed by atoms with Crippen molar-refractivity contribution in [2.45, 2.75) is 6.54 Å². The molecule has 0 unspecified atom stereocenters. The van der Waals surface area contributed by atoms with Crippen LogP contribution in [0.4, 0.5) is 5.69 Å². The van der Waals surface area contributed by atoms with Crippen LogP contribution in [-0.4, -0.2) is 70.8 Å². The molecule has 2 amide bonds. The number of amides is 2. The Morgan fingerprint density at radius 2 is 1.51 bits per heavy atom. The van der Waals surface area contributed by atoms with E-state index in [9.17, 15) is 49.2 Å². The number of hydrogen-bond acceptors (Lipinski definition) is 10. The minimum Gasteiger partial charge on any atom is -0.508 e. The van der Waals surface area contributed by atoms with Crippen LogP contribution in [0, 0.1) is 0 Å². The summed E-state index contributed by atoms with van der Waals surface area (Å²) in [5.74, 6) is -4.84. The number of aromatic hydroxyl groups is 1. The van der Waals surface area contributed by atoms with E-state index >= 15 is 0 Å². The Bertz CT molecular complexity index is 3580. The SMILES string of the molecule is C=c1ccc2c(c1)Oc1cc(N(C)C)ccc1C=2c1c(Cl)cc(C(=O)NC/C=C/C=C/C(=O)NCc2c3oc4cc(O)ccc4c(-c4ccc(C(=O)O)cc4C(=O)O)c-3ccc2=O)c(Cl)c1C(=O)O. The molecule has 3 aliphatic rings. The number of benzene rings is 6. The summed E-state index contributed by atoms with van der Waals surface area (Å²) in [5.41, 5.74) is 0.988. The maximum atomic E-state index is 13.5. The number of rotatable bonds is 13. The van der Waals surface area contributed by atoms with E-state index in [0.29, 0.717) is 38.5 Å². The minimum atomic E-state index is -1.42. The molecule has 0 bridgehead atoms. The van der Waals surface area contributed by atoms with Gasteiger partial charge in [0.25, 0.3) is 5.91 Å². The van der Waals surface area contributed by atoms with Crippen molar-refractivity contribution in [3.8, 4) is 39.7 Å². The lowest BCUT2D eigenvalue weighted by atomic mass is 9.88. The second-order valence-corrected chi connectivity index (χ2v) is 16.6. The Morgan fingerprint density at radius 3 is 2.23 bits per heavy atom. The second-order valence-electron chi connectivity index (χ2n) is 15.8. The number of nitrogens with one attached hydrogen (secondary N) is 2. The quantitative estimate of drug-likeness (QED) is 0.0371. The highest BCUT2D eigenvalue weighted by atomic mass is 35.5. The molecular formula is C52H37Cl2N3O12. The molecule has 17 heteroatoms. The molecule has 0 radical (unpaired) electrons. The number of allylic oxidation sites excluding steroid dienone is 2. The number of phenolic OH excluding ortho intramolecular Hbond substituents is 1. The lowest BCUT2D eigenvalue weighted by Gasteiger charge is -2.25. The van der Waals surface area contributed by atoms with E-state index in [2.05, 4.69) is 17.2 Å². The first-order valence-corrected chi connectivity index (χ1v) is 21.5. The summed E-state index contributed by atoms with van der Waals surface area (Å²) in [4.78, 5) is 78.6. The Balaban J connectivity index is 0.993. The molecule has 6 N–H and O–H groups in total. The van der Waals surface area contributed by atoms with Crippen LogP contribution in [0.15, 0.2) is 125 Å². The number of hydrogen-bond donors (Lipinski definition) is 6. The molecule has 69 heavy (non-hydrogen) atoms. The number of phenols is 1. The molecule has 0 saturated heterocycles. The van der Waals surface area contributed by atoms with Crippen LogP contribution in [-0.2, 0) is 11.3 Å². The third-order valence-corrected chi connectivity index (χ3v) is 11.9. The number of carboxylic acid groups (broad SMARTS) is 3. The number of aromatic carboxylic acids is 3. The average Bonchev–Trinajstić information content (AvgIpc) is 3.30. The van der Waals surface area contributed by atoms with Gasteiger partial charge >= 0.3 is 17.9 Å². The number of carbonyl (C=O) groups is 5. The zero-order chi connectivity index (χ0) is 49.4. The van der Waals surface area contributed by atoms with Crippen LogP contribution < -0.4 is 36.1 Å². The van der Waals surface area contributed by atoms with Gasteiger partial charge in [-0.1, -0.05) is 66.2 Å². The Kier molecular flexibility index (Phi) is 12.8. The normalized spacial score (nSPS) is 11.9.